The molecule has 7 nitrogen and oxygen atoms in total. The van der Waals surface area contributed by atoms with E-state index in [2.05, 4.69) is 27.1 Å². The number of rotatable bonds is 6. The quantitative estimate of drug-likeness (QED) is 0.664. The van der Waals surface area contributed by atoms with Gasteiger partial charge in [0.2, 0.25) is 11.7 Å². The predicted octanol–water partition coefficient (Wildman–Crippen LogP) is 4.09. The number of hydrogen-bond donors (Lipinski definition) is 1. The number of benzene rings is 1. The number of hydrogen-bond acceptors (Lipinski definition) is 6. The molecule has 1 saturated heterocycles. The molecule has 0 bridgehead atoms. The standard InChI is InChI=1S/C23H26N4O3/c1-3-6-19-21(30-23(26-19)18-8-5-4-7-16(18)2)22(28)25-17-9-10-20(24-15-17)27-11-13-29-14-12-27/h4-5,7-10,15H,3,6,11-14H2,1-2H3,(H,25,28). The summed E-state index contributed by atoms with van der Waals surface area (Å²) in [5.74, 6) is 1.30. The largest absolute Gasteiger partial charge is 0.431 e. The Morgan fingerprint density at radius 3 is 2.67 bits per heavy atom. The number of carbonyl (C=O) groups is 1. The summed E-state index contributed by atoms with van der Waals surface area (Å²) in [5, 5.41) is 2.89. The van der Waals surface area contributed by atoms with Crippen LogP contribution in [0.5, 0.6) is 0 Å². The van der Waals surface area contributed by atoms with Crippen LogP contribution in [0.2, 0.25) is 0 Å². The van der Waals surface area contributed by atoms with Crippen LogP contribution in [0.3, 0.4) is 0 Å². The van der Waals surface area contributed by atoms with Crippen molar-refractivity contribution in [3.8, 4) is 11.5 Å². The van der Waals surface area contributed by atoms with Crippen molar-refractivity contribution in [2.75, 3.05) is 36.5 Å². The number of morpholine rings is 1. The van der Waals surface area contributed by atoms with Gasteiger partial charge in [-0.15, -0.1) is 0 Å². The van der Waals surface area contributed by atoms with E-state index in [1.807, 2.05) is 43.3 Å². The molecule has 156 valence electrons. The summed E-state index contributed by atoms with van der Waals surface area (Å²) in [6.07, 6.45) is 3.21. The second kappa shape index (κ2) is 9.09. The predicted molar refractivity (Wildman–Crippen MR) is 116 cm³/mol. The van der Waals surface area contributed by atoms with E-state index in [4.69, 9.17) is 9.15 Å². The number of aryl methyl sites for hydroxylation is 2. The Bertz CT molecular complexity index is 1010. The second-order valence-electron chi connectivity index (χ2n) is 7.32. The number of carbonyl (C=O) groups excluding carboxylic acids is 1. The highest BCUT2D eigenvalue weighted by Gasteiger charge is 2.22. The topological polar surface area (TPSA) is 80.5 Å². The van der Waals surface area contributed by atoms with Crippen molar-refractivity contribution in [2.24, 2.45) is 0 Å². The first-order valence-electron chi connectivity index (χ1n) is 10.3. The lowest BCUT2D eigenvalue weighted by molar-refractivity contribution is 0.0996. The molecule has 1 aliphatic rings. The Labute approximate surface area is 176 Å². The molecule has 0 spiro atoms. The lowest BCUT2D eigenvalue weighted by Gasteiger charge is -2.27. The summed E-state index contributed by atoms with van der Waals surface area (Å²) >= 11 is 0. The third-order valence-electron chi connectivity index (χ3n) is 5.11. The summed E-state index contributed by atoms with van der Waals surface area (Å²) in [5.41, 5.74) is 3.24. The van der Waals surface area contributed by atoms with Gasteiger partial charge in [-0.1, -0.05) is 31.5 Å². The maximum absolute atomic E-state index is 12.9. The Hall–Kier alpha value is -3.19. The van der Waals surface area contributed by atoms with E-state index in [0.717, 1.165) is 36.5 Å². The third kappa shape index (κ3) is 4.36. The van der Waals surface area contributed by atoms with Crippen LogP contribution in [0, 0.1) is 6.92 Å². The van der Waals surface area contributed by atoms with Crippen LogP contribution in [-0.4, -0.2) is 42.2 Å². The Kier molecular flexibility index (Phi) is 6.09. The van der Waals surface area contributed by atoms with Gasteiger partial charge in [-0.25, -0.2) is 9.97 Å². The fraction of sp³-hybridized carbons (Fsp3) is 0.348. The van der Waals surface area contributed by atoms with Crippen molar-refractivity contribution >= 4 is 17.4 Å². The zero-order chi connectivity index (χ0) is 20.9. The molecular weight excluding hydrogens is 380 g/mol. The van der Waals surface area contributed by atoms with Crippen LogP contribution < -0.4 is 10.2 Å². The molecule has 0 saturated carbocycles. The summed E-state index contributed by atoms with van der Waals surface area (Å²) in [6.45, 7) is 7.10. The zero-order valence-corrected chi connectivity index (χ0v) is 17.4. The van der Waals surface area contributed by atoms with Crippen LogP contribution in [0.15, 0.2) is 47.0 Å². The van der Waals surface area contributed by atoms with Gasteiger partial charge in [0, 0.05) is 18.7 Å². The van der Waals surface area contributed by atoms with E-state index in [1.165, 1.54) is 0 Å². The van der Waals surface area contributed by atoms with Crippen molar-refractivity contribution in [2.45, 2.75) is 26.7 Å². The Balaban J connectivity index is 1.53. The van der Waals surface area contributed by atoms with E-state index in [-0.39, 0.29) is 11.7 Å². The first-order valence-corrected chi connectivity index (χ1v) is 10.3. The van der Waals surface area contributed by atoms with E-state index in [0.29, 0.717) is 36.9 Å². The van der Waals surface area contributed by atoms with E-state index >= 15 is 0 Å². The molecule has 0 unspecified atom stereocenters. The number of nitrogens with zero attached hydrogens (tertiary/aromatic N) is 3. The number of pyridine rings is 1. The number of amides is 1. The molecule has 1 amide bonds. The molecule has 3 heterocycles. The van der Waals surface area contributed by atoms with Gasteiger partial charge in [-0.05, 0) is 37.1 Å². The number of nitrogens with one attached hydrogen (secondary N) is 1. The van der Waals surface area contributed by atoms with Crippen molar-refractivity contribution < 1.29 is 13.9 Å². The van der Waals surface area contributed by atoms with Gasteiger partial charge >= 0.3 is 0 Å². The lowest BCUT2D eigenvalue weighted by atomic mass is 10.1. The van der Waals surface area contributed by atoms with E-state index in [9.17, 15) is 4.79 Å². The minimum atomic E-state index is -0.313. The van der Waals surface area contributed by atoms with Gasteiger partial charge in [0.25, 0.3) is 5.91 Å². The molecule has 0 radical (unpaired) electrons. The molecular formula is C23H26N4O3. The van der Waals surface area contributed by atoms with E-state index in [1.54, 1.807) is 6.20 Å². The van der Waals surface area contributed by atoms with Crippen LogP contribution in [0.25, 0.3) is 11.5 Å². The summed E-state index contributed by atoms with van der Waals surface area (Å²) in [7, 11) is 0. The van der Waals surface area contributed by atoms with Gasteiger partial charge in [0.05, 0.1) is 30.8 Å². The van der Waals surface area contributed by atoms with Crippen molar-refractivity contribution in [3.63, 3.8) is 0 Å². The summed E-state index contributed by atoms with van der Waals surface area (Å²) < 4.78 is 11.3. The minimum absolute atomic E-state index is 0.257. The summed E-state index contributed by atoms with van der Waals surface area (Å²) in [4.78, 5) is 24.2. The molecule has 4 rings (SSSR count). The summed E-state index contributed by atoms with van der Waals surface area (Å²) in [6, 6.07) is 11.6. The fourth-order valence-corrected chi connectivity index (χ4v) is 3.49. The van der Waals surface area contributed by atoms with Crippen LogP contribution in [0.4, 0.5) is 11.5 Å². The third-order valence-corrected chi connectivity index (χ3v) is 5.11. The van der Waals surface area contributed by atoms with Crippen LogP contribution in [-0.2, 0) is 11.2 Å². The normalized spacial score (nSPS) is 14.0. The maximum Gasteiger partial charge on any atom is 0.293 e. The Morgan fingerprint density at radius 1 is 1.17 bits per heavy atom. The first-order chi connectivity index (χ1) is 14.7. The number of aromatic nitrogens is 2. The monoisotopic (exact) mass is 406 g/mol. The number of anilines is 2. The number of ether oxygens (including phenoxy) is 1. The molecule has 30 heavy (non-hydrogen) atoms. The van der Waals surface area contributed by atoms with Crippen molar-refractivity contribution in [1.29, 1.82) is 0 Å². The van der Waals surface area contributed by atoms with Gasteiger partial charge in [0.15, 0.2) is 0 Å². The highest BCUT2D eigenvalue weighted by atomic mass is 16.5. The zero-order valence-electron chi connectivity index (χ0n) is 17.4. The molecule has 1 aromatic carbocycles. The first kappa shape index (κ1) is 20.1. The molecule has 2 aromatic heterocycles. The smallest absolute Gasteiger partial charge is 0.293 e. The maximum atomic E-state index is 12.9. The Morgan fingerprint density at radius 2 is 1.97 bits per heavy atom. The molecule has 7 heteroatoms. The molecule has 3 aromatic rings. The van der Waals surface area contributed by atoms with Gasteiger partial charge in [0.1, 0.15) is 5.82 Å². The lowest BCUT2D eigenvalue weighted by Crippen LogP contribution is -2.36. The van der Waals surface area contributed by atoms with Crippen molar-refractivity contribution in [3.05, 3.63) is 59.6 Å². The number of oxazole rings is 1. The molecule has 1 aliphatic heterocycles. The van der Waals surface area contributed by atoms with Gasteiger partial charge in [-0.2, -0.15) is 0 Å². The average Bonchev–Trinajstić information content (AvgIpc) is 3.19. The van der Waals surface area contributed by atoms with Crippen LogP contribution in [0.1, 0.15) is 35.2 Å². The highest BCUT2D eigenvalue weighted by Crippen LogP contribution is 2.26. The highest BCUT2D eigenvalue weighted by molar-refractivity contribution is 6.03. The molecule has 0 atom stereocenters. The second-order valence-corrected chi connectivity index (χ2v) is 7.32. The van der Waals surface area contributed by atoms with Crippen molar-refractivity contribution in [1.82, 2.24) is 9.97 Å². The molecule has 1 N–H and O–H groups in total. The average molecular weight is 406 g/mol. The van der Waals surface area contributed by atoms with Gasteiger partial charge < -0.3 is 19.4 Å². The van der Waals surface area contributed by atoms with Gasteiger partial charge in [-0.3, -0.25) is 4.79 Å². The fourth-order valence-electron chi connectivity index (χ4n) is 3.49. The molecule has 1 fully saturated rings. The van der Waals surface area contributed by atoms with Crippen LogP contribution >= 0.6 is 0 Å². The van der Waals surface area contributed by atoms with E-state index < -0.39 is 0 Å². The minimum Gasteiger partial charge on any atom is -0.431 e. The SMILES string of the molecule is CCCc1nc(-c2ccccc2C)oc1C(=O)Nc1ccc(N2CCOCC2)nc1. The molecule has 0 aliphatic carbocycles.